The van der Waals surface area contributed by atoms with Crippen LogP contribution < -0.4 is 123 Å². The molecule has 0 aromatic carbocycles. The van der Waals surface area contributed by atoms with Crippen LogP contribution in [0.4, 0.5) is 4.79 Å². The van der Waals surface area contributed by atoms with Crippen LogP contribution in [0.15, 0.2) is 24.3 Å². The number of nitrogens with one attached hydrogen (secondary N) is 1. The number of rotatable bonds is 13. The van der Waals surface area contributed by atoms with Gasteiger partial charge in [0, 0.05) is 35.4 Å². The number of esters is 2. The molecule has 4 aromatic heterocycles. The summed E-state index contributed by atoms with van der Waals surface area (Å²) in [6.45, 7) is 20.3. The van der Waals surface area contributed by atoms with Gasteiger partial charge in [-0.3, -0.25) is 14.5 Å². The summed E-state index contributed by atoms with van der Waals surface area (Å²) in [5.41, 5.74) is 6.74. The summed E-state index contributed by atoms with van der Waals surface area (Å²) in [5.74, 6) is 2.36. The molecular formula is C45H64ClK2N6O11+. The number of hydrogen-bond acceptors (Lipinski definition) is 14. The Balaban J connectivity index is 0.000000537. The van der Waals surface area contributed by atoms with E-state index >= 15 is 0 Å². The number of piperidine rings is 2. The van der Waals surface area contributed by atoms with E-state index in [0.717, 1.165) is 85.4 Å². The van der Waals surface area contributed by atoms with Gasteiger partial charge in [0.25, 0.3) is 0 Å². The third-order valence-corrected chi connectivity index (χ3v) is 11.8. The van der Waals surface area contributed by atoms with Crippen LogP contribution in [0.5, 0.6) is 11.8 Å². The van der Waals surface area contributed by atoms with Crippen molar-refractivity contribution in [3.63, 3.8) is 0 Å². The average molecular weight is 979 g/mol. The first-order chi connectivity index (χ1) is 29.9. The zero-order valence-electron chi connectivity index (χ0n) is 40.2. The van der Waals surface area contributed by atoms with Gasteiger partial charge in [-0.25, -0.2) is 18.6 Å². The molecule has 2 aliphatic heterocycles. The molecule has 65 heavy (non-hydrogen) atoms. The number of likely N-dealkylation sites (tertiary alicyclic amines) is 1. The van der Waals surface area contributed by atoms with E-state index in [0.29, 0.717) is 60.4 Å². The minimum Gasteiger partial charge on any atom is -0.565 e. The van der Waals surface area contributed by atoms with Gasteiger partial charge in [0.2, 0.25) is 17.9 Å². The number of alkyl halides is 1. The topological polar surface area (TPSA) is 215 Å². The van der Waals surface area contributed by atoms with Crippen molar-refractivity contribution >= 4 is 52.3 Å². The van der Waals surface area contributed by atoms with Crippen LogP contribution >= 0.6 is 11.6 Å². The maximum absolute atomic E-state index is 12.7. The Morgan fingerprint density at radius 3 is 1.45 bits per heavy atom. The number of carbonyl (C=O) groups is 5. The van der Waals surface area contributed by atoms with Crippen molar-refractivity contribution in [1.82, 2.24) is 29.4 Å². The van der Waals surface area contributed by atoms with Crippen LogP contribution in [0, 0.1) is 25.7 Å². The fourth-order valence-electron chi connectivity index (χ4n) is 8.44. The van der Waals surface area contributed by atoms with Crippen molar-refractivity contribution in [1.29, 1.82) is 0 Å². The van der Waals surface area contributed by atoms with Crippen molar-refractivity contribution in [3.8, 4) is 11.8 Å². The number of carbonyl (C=O) groups excluding carboxylic acids is 4. The molecule has 2 unspecified atom stereocenters. The van der Waals surface area contributed by atoms with Gasteiger partial charge in [-0.05, 0) is 129 Å². The predicted octanol–water partition coefficient (Wildman–Crippen LogP) is -0.126. The Hall–Kier alpha value is -1.99. The normalized spacial score (nSPS) is 14.9. The molecule has 2 fully saturated rings. The fourth-order valence-corrected chi connectivity index (χ4v) is 8.44. The van der Waals surface area contributed by atoms with Gasteiger partial charge in [-0.2, -0.15) is 0 Å². The molecule has 6 heterocycles. The summed E-state index contributed by atoms with van der Waals surface area (Å²) in [6, 6.07) is 7.32. The summed E-state index contributed by atoms with van der Waals surface area (Å²) in [4.78, 5) is 57.0. The standard InChI is InChI=1S/C22H31N3O4.C19H27N3O3.C3H5ClO.CH2O3.2K/c1-6-29-22(27)20-16(4)21(25-18(20)7-8-19(23-25)28-5)15(3)17-9-11-24(12-10-17)13-14(2)26;1-5-25-19(23)17-13(3)18(12(2)14-8-10-20-11-9-14)22-15(17)6-7-16(21-22)24-4;1-3(5)2-4;2-1(3)4;;/h7-8,15,17H,6,9-13H2,1-5H3;6-7,12,14,20H,5,8-11H2,1-4H3;2H2,1H3;(H2,2,3,4);;/q;;;;2*+1/p-1. The van der Waals surface area contributed by atoms with E-state index < -0.39 is 6.16 Å². The summed E-state index contributed by atoms with van der Waals surface area (Å²) < 4.78 is 25.0. The van der Waals surface area contributed by atoms with Gasteiger partial charge in [0.05, 0.1) is 62.0 Å². The average Bonchev–Trinajstić information content (AvgIpc) is 3.72. The minimum atomic E-state index is -2.08. The second kappa shape index (κ2) is 30.5. The minimum absolute atomic E-state index is 0. The predicted molar refractivity (Wildman–Crippen MR) is 237 cm³/mol. The zero-order chi connectivity index (χ0) is 47.0. The molecule has 0 saturated carbocycles. The van der Waals surface area contributed by atoms with E-state index in [1.165, 1.54) is 6.92 Å². The molecule has 0 radical (unpaired) electrons. The number of methoxy groups -OCH3 is 2. The number of halogens is 1. The smallest absolute Gasteiger partial charge is 0.565 e. The van der Waals surface area contributed by atoms with Crippen LogP contribution in [0.3, 0.4) is 0 Å². The fraction of sp³-hybridized carbons (Fsp3) is 0.578. The Morgan fingerprint density at radius 1 is 0.754 bits per heavy atom. The number of ether oxygens (including phenoxy) is 4. The van der Waals surface area contributed by atoms with Crippen molar-refractivity contribution in [3.05, 3.63) is 57.9 Å². The maximum Gasteiger partial charge on any atom is 1.00 e. The van der Waals surface area contributed by atoms with E-state index in [4.69, 9.17) is 45.6 Å². The van der Waals surface area contributed by atoms with Crippen LogP contribution in [-0.2, 0) is 19.1 Å². The Morgan fingerprint density at radius 2 is 1.12 bits per heavy atom. The first-order valence-electron chi connectivity index (χ1n) is 21.3. The molecule has 2 aliphatic rings. The van der Waals surface area contributed by atoms with E-state index in [9.17, 15) is 19.2 Å². The van der Waals surface area contributed by atoms with Crippen LogP contribution in [0.2, 0.25) is 0 Å². The second-order valence-electron chi connectivity index (χ2n) is 15.6. The van der Waals surface area contributed by atoms with Gasteiger partial charge >= 0.3 is 115 Å². The first kappa shape index (κ1) is 61.0. The number of ketones is 2. The van der Waals surface area contributed by atoms with Gasteiger partial charge < -0.3 is 39.3 Å². The molecule has 2 atom stereocenters. The maximum atomic E-state index is 12.7. The molecular weight excluding hydrogens is 914 g/mol. The molecule has 0 bridgehead atoms. The molecule has 2 saturated heterocycles. The van der Waals surface area contributed by atoms with Crippen LogP contribution in [0.25, 0.3) is 11.0 Å². The number of Topliss-reactive ketones (excluding diaryl/α,β-unsaturated/α-hetero) is 2. The monoisotopic (exact) mass is 977 g/mol. The molecule has 0 amide bonds. The molecule has 0 aliphatic carbocycles. The summed E-state index contributed by atoms with van der Waals surface area (Å²) in [6.07, 6.45) is 2.21. The summed E-state index contributed by atoms with van der Waals surface area (Å²) >= 11 is 4.99. The zero-order valence-corrected chi connectivity index (χ0v) is 47.2. The van der Waals surface area contributed by atoms with E-state index in [1.807, 2.05) is 48.9 Å². The largest absolute Gasteiger partial charge is 1.00 e. The molecule has 0 spiro atoms. The van der Waals surface area contributed by atoms with E-state index in [2.05, 4.69) is 34.3 Å². The third kappa shape index (κ3) is 17.2. The Bertz CT molecular complexity index is 2180. The van der Waals surface area contributed by atoms with Gasteiger partial charge in [-0.15, -0.1) is 21.8 Å². The van der Waals surface area contributed by atoms with Gasteiger partial charge in [0.15, 0.2) is 0 Å². The quantitative estimate of drug-likeness (QED) is 0.102. The Labute approximate surface area is 472 Å². The van der Waals surface area contributed by atoms with Crippen molar-refractivity contribution < 1.29 is 156 Å². The van der Waals surface area contributed by atoms with Gasteiger partial charge in [-0.1, -0.05) is 13.8 Å². The summed E-state index contributed by atoms with van der Waals surface area (Å²) in [5, 5.41) is 27.9. The number of aromatic nitrogens is 4. The van der Waals surface area contributed by atoms with Crippen molar-refractivity contribution in [2.24, 2.45) is 11.8 Å². The van der Waals surface area contributed by atoms with E-state index in [-0.39, 0.29) is 138 Å². The number of fused-ring (bicyclic) bond motifs is 2. The number of carboxylic acid groups (broad SMARTS) is 2. The molecule has 348 valence electrons. The first-order valence-corrected chi connectivity index (χ1v) is 21.8. The number of nitrogens with zero attached hydrogens (tertiary/aromatic N) is 5. The second-order valence-corrected chi connectivity index (χ2v) is 15.9. The number of hydrogen-bond donors (Lipinski definition) is 2. The molecule has 6 rings (SSSR count). The van der Waals surface area contributed by atoms with Crippen LogP contribution in [-0.4, -0.2) is 125 Å². The van der Waals surface area contributed by atoms with E-state index in [1.54, 1.807) is 33.3 Å². The third-order valence-electron chi connectivity index (χ3n) is 11.4. The van der Waals surface area contributed by atoms with Crippen LogP contribution in [0.1, 0.15) is 122 Å². The van der Waals surface area contributed by atoms with Crippen molar-refractivity contribution in [2.75, 3.05) is 66.0 Å². The molecule has 20 heteroatoms. The molecule has 4 aromatic rings. The van der Waals surface area contributed by atoms with Gasteiger partial charge in [0.1, 0.15) is 11.6 Å². The Kier molecular flexibility index (Phi) is 28.6. The molecule has 2 N–H and O–H groups in total. The van der Waals surface area contributed by atoms with Crippen molar-refractivity contribution in [2.45, 2.75) is 92.9 Å². The molecule has 17 nitrogen and oxygen atoms in total. The SMILES string of the molecule is CC(=O)CCl.CCOC(=O)c1c(C)c(C(C)C2CCN(CC(C)=O)CC2)n2nc(OC)ccc12.CCOC(=O)c1c(C)c(C(C)C2CCNCC2)n2nc(OC)ccc12.O=C([O-])O.[K+].[K+]. The summed E-state index contributed by atoms with van der Waals surface area (Å²) in [7, 11) is 3.19.